The first-order chi connectivity index (χ1) is 7.30. The van der Waals surface area contributed by atoms with E-state index in [-0.39, 0.29) is 0 Å². The average molecular weight is 205 g/mol. The molecular formula is C13H19NO. The van der Waals surface area contributed by atoms with Crippen LogP contribution in [-0.4, -0.2) is 20.3 Å². The number of nitrogens with two attached hydrogens (primary N) is 1. The Bertz CT molecular complexity index is 331. The molecule has 2 N–H and O–H groups in total. The zero-order valence-electron chi connectivity index (χ0n) is 9.33. The van der Waals surface area contributed by atoms with Gasteiger partial charge in [0, 0.05) is 19.1 Å². The van der Waals surface area contributed by atoms with Crippen molar-refractivity contribution in [1.82, 2.24) is 0 Å². The molecule has 82 valence electrons. The Balaban J connectivity index is 2.12. The van der Waals surface area contributed by atoms with Crippen molar-refractivity contribution in [2.24, 2.45) is 5.73 Å². The molecule has 0 spiro atoms. The molecule has 0 aromatic heterocycles. The Morgan fingerprint density at radius 3 is 2.80 bits per heavy atom. The first kappa shape index (κ1) is 10.7. The monoisotopic (exact) mass is 205 g/mol. The largest absolute Gasteiger partial charge is 0.384 e. The molecule has 1 aliphatic carbocycles. The van der Waals surface area contributed by atoms with E-state index in [1.165, 1.54) is 24.0 Å². The molecule has 2 rings (SSSR count). The maximum Gasteiger partial charge on any atom is 0.0502 e. The van der Waals surface area contributed by atoms with Gasteiger partial charge in [0.25, 0.3) is 0 Å². The van der Waals surface area contributed by atoms with Gasteiger partial charge in [-0.1, -0.05) is 24.3 Å². The summed E-state index contributed by atoms with van der Waals surface area (Å²) in [7, 11) is 1.74. The van der Waals surface area contributed by atoms with Gasteiger partial charge >= 0.3 is 0 Å². The van der Waals surface area contributed by atoms with Crippen molar-refractivity contribution in [1.29, 1.82) is 0 Å². The lowest BCUT2D eigenvalue weighted by atomic mass is 9.94. The van der Waals surface area contributed by atoms with E-state index in [4.69, 9.17) is 10.5 Å². The fourth-order valence-corrected chi connectivity index (χ4v) is 2.04. The van der Waals surface area contributed by atoms with Gasteiger partial charge in [-0.25, -0.2) is 0 Å². The summed E-state index contributed by atoms with van der Waals surface area (Å²) in [6.07, 6.45) is 3.49. The van der Waals surface area contributed by atoms with Crippen LogP contribution in [0.1, 0.15) is 24.0 Å². The zero-order chi connectivity index (χ0) is 10.7. The van der Waals surface area contributed by atoms with Crippen molar-refractivity contribution in [2.75, 3.05) is 20.3 Å². The lowest BCUT2D eigenvalue weighted by Crippen LogP contribution is -2.19. The second-order valence-corrected chi connectivity index (χ2v) is 4.43. The van der Waals surface area contributed by atoms with E-state index in [1.54, 1.807) is 7.11 Å². The summed E-state index contributed by atoms with van der Waals surface area (Å²) in [5.41, 5.74) is 8.91. The minimum absolute atomic E-state index is 0.309. The molecule has 0 unspecified atom stereocenters. The van der Waals surface area contributed by atoms with Crippen LogP contribution in [0.4, 0.5) is 0 Å². The molecule has 0 heterocycles. The Hall–Kier alpha value is -0.860. The Morgan fingerprint density at radius 1 is 1.40 bits per heavy atom. The summed E-state index contributed by atoms with van der Waals surface area (Å²) in [5, 5.41) is 0. The topological polar surface area (TPSA) is 35.2 Å². The number of ether oxygens (including phenoxy) is 1. The lowest BCUT2D eigenvalue weighted by Gasteiger charge is -2.13. The molecule has 1 saturated carbocycles. The smallest absolute Gasteiger partial charge is 0.0502 e. The maximum atomic E-state index is 5.83. The number of hydrogen-bond donors (Lipinski definition) is 1. The van der Waals surface area contributed by atoms with Crippen LogP contribution in [0.25, 0.3) is 0 Å². The Kier molecular flexibility index (Phi) is 3.08. The van der Waals surface area contributed by atoms with Crippen LogP contribution in [0.5, 0.6) is 0 Å². The second-order valence-electron chi connectivity index (χ2n) is 4.43. The molecule has 2 nitrogen and oxygen atoms in total. The van der Waals surface area contributed by atoms with E-state index in [1.807, 2.05) is 0 Å². The molecule has 2 heteroatoms. The van der Waals surface area contributed by atoms with E-state index < -0.39 is 0 Å². The summed E-state index contributed by atoms with van der Waals surface area (Å²) in [6.45, 7) is 1.57. The van der Waals surface area contributed by atoms with Crippen LogP contribution in [0.3, 0.4) is 0 Å². The van der Waals surface area contributed by atoms with Crippen molar-refractivity contribution in [3.8, 4) is 0 Å². The van der Waals surface area contributed by atoms with E-state index >= 15 is 0 Å². The fourth-order valence-electron chi connectivity index (χ4n) is 2.04. The van der Waals surface area contributed by atoms with E-state index in [0.717, 1.165) is 19.6 Å². The first-order valence-electron chi connectivity index (χ1n) is 5.59. The molecule has 1 aromatic carbocycles. The third-order valence-corrected chi connectivity index (χ3v) is 3.38. The minimum atomic E-state index is 0.309. The average Bonchev–Trinajstić information content (AvgIpc) is 3.08. The molecule has 1 aliphatic rings. The highest BCUT2D eigenvalue weighted by Crippen LogP contribution is 2.47. The van der Waals surface area contributed by atoms with Gasteiger partial charge in [-0.2, -0.15) is 0 Å². The molecule has 1 fully saturated rings. The number of methoxy groups -OCH3 is 1. The van der Waals surface area contributed by atoms with E-state index in [2.05, 4.69) is 24.3 Å². The van der Waals surface area contributed by atoms with Gasteiger partial charge in [0.05, 0.1) is 6.61 Å². The van der Waals surface area contributed by atoms with Crippen LogP contribution in [0, 0.1) is 0 Å². The molecule has 0 amide bonds. The summed E-state index contributed by atoms with van der Waals surface area (Å²) >= 11 is 0. The van der Waals surface area contributed by atoms with Crippen LogP contribution < -0.4 is 5.73 Å². The molecule has 0 aliphatic heterocycles. The summed E-state index contributed by atoms with van der Waals surface area (Å²) < 4.78 is 5.09. The third-order valence-electron chi connectivity index (χ3n) is 3.38. The quantitative estimate of drug-likeness (QED) is 0.796. The molecule has 0 saturated heterocycles. The predicted octanol–water partition coefficient (Wildman–Crippen LogP) is 1.87. The van der Waals surface area contributed by atoms with Gasteiger partial charge in [0.15, 0.2) is 0 Å². The minimum Gasteiger partial charge on any atom is -0.384 e. The Labute approximate surface area is 91.4 Å². The van der Waals surface area contributed by atoms with E-state index in [0.29, 0.717) is 5.41 Å². The van der Waals surface area contributed by atoms with E-state index in [9.17, 15) is 0 Å². The first-order valence-corrected chi connectivity index (χ1v) is 5.59. The van der Waals surface area contributed by atoms with Crippen molar-refractivity contribution >= 4 is 0 Å². The highest BCUT2D eigenvalue weighted by atomic mass is 16.5. The van der Waals surface area contributed by atoms with Gasteiger partial charge < -0.3 is 10.5 Å². The van der Waals surface area contributed by atoms with Crippen molar-refractivity contribution < 1.29 is 4.74 Å². The lowest BCUT2D eigenvalue weighted by molar-refractivity contribution is 0.202. The normalized spacial score (nSPS) is 17.7. The van der Waals surface area contributed by atoms with Gasteiger partial charge in [0.1, 0.15) is 0 Å². The summed E-state index contributed by atoms with van der Waals surface area (Å²) in [5.74, 6) is 0. The van der Waals surface area contributed by atoms with Gasteiger partial charge in [-0.05, 0) is 30.4 Å². The SMILES string of the molecule is COCCc1cccc(C2(CN)CC2)c1. The maximum absolute atomic E-state index is 5.83. The standard InChI is InChI=1S/C13H19NO/c1-15-8-5-11-3-2-4-12(9-11)13(10-14)6-7-13/h2-4,9H,5-8,10,14H2,1H3. The van der Waals surface area contributed by atoms with Gasteiger partial charge in [-0.3, -0.25) is 0 Å². The van der Waals surface area contributed by atoms with Crippen molar-refractivity contribution in [3.63, 3.8) is 0 Å². The summed E-state index contributed by atoms with van der Waals surface area (Å²) in [4.78, 5) is 0. The molecular weight excluding hydrogens is 186 g/mol. The van der Waals surface area contributed by atoms with Crippen molar-refractivity contribution in [2.45, 2.75) is 24.7 Å². The molecule has 0 radical (unpaired) electrons. The molecule has 15 heavy (non-hydrogen) atoms. The van der Waals surface area contributed by atoms with Crippen LogP contribution in [0.15, 0.2) is 24.3 Å². The van der Waals surface area contributed by atoms with Gasteiger partial charge in [0.2, 0.25) is 0 Å². The number of hydrogen-bond acceptors (Lipinski definition) is 2. The zero-order valence-corrected chi connectivity index (χ0v) is 9.33. The predicted molar refractivity (Wildman–Crippen MR) is 62.0 cm³/mol. The Morgan fingerprint density at radius 2 is 2.20 bits per heavy atom. The van der Waals surface area contributed by atoms with Gasteiger partial charge in [-0.15, -0.1) is 0 Å². The highest BCUT2D eigenvalue weighted by molar-refractivity contribution is 5.35. The molecule has 1 aromatic rings. The van der Waals surface area contributed by atoms with Crippen LogP contribution >= 0.6 is 0 Å². The molecule has 0 bridgehead atoms. The number of benzene rings is 1. The molecule has 0 atom stereocenters. The van der Waals surface area contributed by atoms with Crippen molar-refractivity contribution in [3.05, 3.63) is 35.4 Å². The summed E-state index contributed by atoms with van der Waals surface area (Å²) in [6, 6.07) is 8.79. The highest BCUT2D eigenvalue weighted by Gasteiger charge is 2.42. The third kappa shape index (κ3) is 2.21. The number of rotatable bonds is 5. The fraction of sp³-hybridized carbons (Fsp3) is 0.538. The van der Waals surface area contributed by atoms with Crippen LogP contribution in [-0.2, 0) is 16.6 Å². The van der Waals surface area contributed by atoms with Crippen LogP contribution in [0.2, 0.25) is 0 Å². The second kappa shape index (κ2) is 4.33.